The van der Waals surface area contributed by atoms with Crippen molar-refractivity contribution in [2.24, 2.45) is 10.7 Å². The topological polar surface area (TPSA) is 113 Å². The normalized spacial score (nSPS) is 22.5. The molecular weight excluding hydrogens is 466 g/mol. The Bertz CT molecular complexity index is 1160. The van der Waals surface area contributed by atoms with Gasteiger partial charge in [0.05, 0.1) is 12.2 Å². The van der Waals surface area contributed by atoms with Gasteiger partial charge in [-0.05, 0) is 50.6 Å². The standard InChI is InChI=1S/C21H19F4N5O2.ClH/c1-11-6-12(8-26)9-28-16(11)17(31)29-13-4-5-15(22)14(7-13)19(2)10-32-20(3,18(27)30-19)21(23,24)25;/h4-7,9H,10H2,1-3H3,(H2,27,30)(H,29,31);1H/t19-,20+;/m0./s1. The number of nitrogens with zero attached hydrogens (tertiary/aromatic N) is 3. The number of alkyl halides is 3. The predicted molar refractivity (Wildman–Crippen MR) is 115 cm³/mol. The van der Waals surface area contributed by atoms with Crippen LogP contribution >= 0.6 is 12.4 Å². The Morgan fingerprint density at radius 2 is 1.97 bits per heavy atom. The third kappa shape index (κ3) is 4.77. The number of ether oxygens (including phenoxy) is 1. The number of carbonyl (C=O) groups excluding carboxylic acids is 1. The minimum atomic E-state index is -4.80. The summed E-state index contributed by atoms with van der Waals surface area (Å²) in [6.07, 6.45) is -3.56. The Morgan fingerprint density at radius 3 is 2.52 bits per heavy atom. The van der Waals surface area contributed by atoms with Crippen molar-refractivity contribution in [1.82, 2.24) is 4.98 Å². The molecule has 1 amide bonds. The number of benzene rings is 1. The summed E-state index contributed by atoms with van der Waals surface area (Å²) >= 11 is 0. The minimum Gasteiger partial charge on any atom is -0.385 e. The third-order valence-corrected chi connectivity index (χ3v) is 5.27. The Labute approximate surface area is 193 Å². The van der Waals surface area contributed by atoms with E-state index in [4.69, 9.17) is 15.7 Å². The summed E-state index contributed by atoms with van der Waals surface area (Å²) in [5, 5.41) is 11.5. The smallest absolute Gasteiger partial charge is 0.385 e. The first-order valence-corrected chi connectivity index (χ1v) is 9.35. The van der Waals surface area contributed by atoms with E-state index in [9.17, 15) is 22.4 Å². The van der Waals surface area contributed by atoms with Gasteiger partial charge in [0.2, 0.25) is 5.60 Å². The van der Waals surface area contributed by atoms with Crippen molar-refractivity contribution < 1.29 is 27.1 Å². The number of carbonyl (C=O) groups is 1. The Balaban J connectivity index is 0.00000385. The number of amidine groups is 1. The Morgan fingerprint density at radius 1 is 1.30 bits per heavy atom. The molecule has 0 fully saturated rings. The maximum absolute atomic E-state index is 14.6. The molecular formula is C21H20ClF4N5O2. The zero-order chi connectivity index (χ0) is 23.9. The van der Waals surface area contributed by atoms with Gasteiger partial charge in [-0.15, -0.1) is 12.4 Å². The highest BCUT2D eigenvalue weighted by Gasteiger charge is 2.59. The van der Waals surface area contributed by atoms with E-state index >= 15 is 0 Å². The number of amides is 1. The second-order valence-electron chi connectivity index (χ2n) is 7.74. The van der Waals surface area contributed by atoms with Gasteiger partial charge in [-0.2, -0.15) is 18.4 Å². The Hall–Kier alpha value is -3.23. The van der Waals surface area contributed by atoms with Crippen molar-refractivity contribution in [2.75, 3.05) is 11.9 Å². The van der Waals surface area contributed by atoms with Crippen molar-refractivity contribution >= 4 is 29.8 Å². The second-order valence-corrected chi connectivity index (χ2v) is 7.74. The SMILES string of the molecule is Cc1cc(C#N)cnc1C(=O)Nc1ccc(F)c([C@]2(C)CO[C@@](C)(C(F)(F)F)C(N)=N2)c1.Cl. The average Bonchev–Trinajstić information content (AvgIpc) is 2.71. The number of rotatable bonds is 3. The molecule has 0 radical (unpaired) electrons. The average molecular weight is 486 g/mol. The van der Waals surface area contributed by atoms with Crippen molar-refractivity contribution in [3.05, 3.63) is 58.7 Å². The summed E-state index contributed by atoms with van der Waals surface area (Å²) in [5.41, 5.74) is 2.11. The number of halogens is 5. The van der Waals surface area contributed by atoms with E-state index in [2.05, 4.69) is 15.3 Å². The van der Waals surface area contributed by atoms with Gasteiger partial charge in [-0.25, -0.2) is 9.37 Å². The molecule has 1 aliphatic rings. The number of hydrogen-bond donors (Lipinski definition) is 2. The highest BCUT2D eigenvalue weighted by Crippen LogP contribution is 2.41. The lowest BCUT2D eigenvalue weighted by Gasteiger charge is -2.41. The molecule has 12 heteroatoms. The first kappa shape index (κ1) is 26.0. The fourth-order valence-electron chi connectivity index (χ4n) is 3.21. The zero-order valence-corrected chi connectivity index (χ0v) is 18.6. The highest BCUT2D eigenvalue weighted by molar-refractivity contribution is 6.04. The minimum absolute atomic E-state index is 0. The number of nitriles is 1. The summed E-state index contributed by atoms with van der Waals surface area (Å²) in [5.74, 6) is -2.19. The molecule has 3 rings (SSSR count). The number of aromatic nitrogens is 1. The molecule has 1 aliphatic heterocycles. The predicted octanol–water partition coefficient (Wildman–Crippen LogP) is 4.00. The van der Waals surface area contributed by atoms with E-state index in [0.717, 1.165) is 13.0 Å². The molecule has 7 nitrogen and oxygen atoms in total. The third-order valence-electron chi connectivity index (χ3n) is 5.27. The van der Waals surface area contributed by atoms with Crippen LogP contribution in [-0.2, 0) is 10.3 Å². The highest BCUT2D eigenvalue weighted by atomic mass is 35.5. The lowest BCUT2D eigenvalue weighted by molar-refractivity contribution is -0.249. The molecule has 0 spiro atoms. The van der Waals surface area contributed by atoms with Gasteiger partial charge in [0.15, 0.2) is 0 Å². The quantitative estimate of drug-likeness (QED) is 0.638. The van der Waals surface area contributed by atoms with Gasteiger partial charge in [-0.1, -0.05) is 0 Å². The molecule has 0 aliphatic carbocycles. The van der Waals surface area contributed by atoms with E-state index < -0.39 is 41.5 Å². The number of aryl methyl sites for hydroxylation is 1. The first-order valence-electron chi connectivity index (χ1n) is 9.35. The molecule has 0 unspecified atom stereocenters. The van der Waals surface area contributed by atoms with Crippen LogP contribution in [0, 0.1) is 24.1 Å². The Kier molecular flexibility index (Phi) is 7.06. The zero-order valence-electron chi connectivity index (χ0n) is 17.7. The van der Waals surface area contributed by atoms with E-state index in [1.54, 1.807) is 6.92 Å². The largest absolute Gasteiger partial charge is 0.424 e. The second kappa shape index (κ2) is 8.96. The monoisotopic (exact) mass is 485 g/mol. The van der Waals surface area contributed by atoms with E-state index in [-0.39, 0.29) is 34.9 Å². The van der Waals surface area contributed by atoms with Crippen LogP contribution in [-0.4, -0.2) is 35.1 Å². The molecule has 2 heterocycles. The first-order chi connectivity index (χ1) is 14.8. The maximum atomic E-state index is 14.6. The van der Waals surface area contributed by atoms with Crippen LogP contribution in [0.5, 0.6) is 0 Å². The van der Waals surface area contributed by atoms with E-state index in [1.807, 2.05) is 6.07 Å². The van der Waals surface area contributed by atoms with Crippen molar-refractivity contribution in [1.29, 1.82) is 5.26 Å². The van der Waals surface area contributed by atoms with Crippen LogP contribution in [0.1, 0.15) is 41.0 Å². The number of aliphatic imine (C=N–C) groups is 1. The number of hydrogen-bond acceptors (Lipinski definition) is 6. The van der Waals surface area contributed by atoms with Crippen molar-refractivity contribution in [2.45, 2.75) is 38.1 Å². The van der Waals surface area contributed by atoms with Crippen LogP contribution in [0.4, 0.5) is 23.2 Å². The molecule has 33 heavy (non-hydrogen) atoms. The van der Waals surface area contributed by atoms with Crippen LogP contribution in [0.3, 0.4) is 0 Å². The van der Waals surface area contributed by atoms with Crippen LogP contribution in [0.2, 0.25) is 0 Å². The van der Waals surface area contributed by atoms with Crippen molar-refractivity contribution in [3.8, 4) is 6.07 Å². The van der Waals surface area contributed by atoms with Crippen LogP contribution in [0.25, 0.3) is 0 Å². The van der Waals surface area contributed by atoms with Gasteiger partial charge < -0.3 is 15.8 Å². The molecule has 1 aromatic heterocycles. The van der Waals surface area contributed by atoms with Gasteiger partial charge in [0, 0.05) is 17.4 Å². The summed E-state index contributed by atoms with van der Waals surface area (Å²) < 4.78 is 59.6. The lowest BCUT2D eigenvalue weighted by atomic mass is 9.89. The fraction of sp³-hybridized carbons (Fsp3) is 0.333. The fourth-order valence-corrected chi connectivity index (χ4v) is 3.21. The molecule has 176 valence electrons. The maximum Gasteiger partial charge on any atom is 0.424 e. The summed E-state index contributed by atoms with van der Waals surface area (Å²) in [4.78, 5) is 20.5. The summed E-state index contributed by atoms with van der Waals surface area (Å²) in [7, 11) is 0. The molecule has 3 N–H and O–H groups in total. The molecule has 0 saturated carbocycles. The van der Waals surface area contributed by atoms with E-state index in [0.29, 0.717) is 5.56 Å². The van der Waals surface area contributed by atoms with Gasteiger partial charge in [-0.3, -0.25) is 9.79 Å². The van der Waals surface area contributed by atoms with Crippen molar-refractivity contribution in [3.63, 3.8) is 0 Å². The van der Waals surface area contributed by atoms with Gasteiger partial charge >= 0.3 is 6.18 Å². The molecule has 2 aromatic rings. The molecule has 0 bridgehead atoms. The van der Waals surface area contributed by atoms with Gasteiger partial charge in [0.25, 0.3) is 5.91 Å². The molecule has 0 saturated heterocycles. The lowest BCUT2D eigenvalue weighted by Crippen LogP contribution is -2.60. The molecule has 1 aromatic carbocycles. The van der Waals surface area contributed by atoms with Crippen LogP contribution in [0.15, 0.2) is 35.5 Å². The number of nitrogens with one attached hydrogen (secondary N) is 1. The van der Waals surface area contributed by atoms with Gasteiger partial charge in [0.1, 0.15) is 29.0 Å². The number of nitrogens with two attached hydrogens (primary N) is 1. The number of anilines is 1. The number of pyridine rings is 1. The van der Waals surface area contributed by atoms with E-state index in [1.165, 1.54) is 31.3 Å². The van der Waals surface area contributed by atoms with Crippen LogP contribution < -0.4 is 11.1 Å². The summed E-state index contributed by atoms with van der Waals surface area (Å²) in [6, 6.07) is 7.00. The molecule has 2 atom stereocenters. The summed E-state index contributed by atoms with van der Waals surface area (Å²) in [6.45, 7) is 3.15.